The second-order valence-corrected chi connectivity index (χ2v) is 20.3. The topological polar surface area (TPSA) is 127 Å². The van der Waals surface area contributed by atoms with E-state index in [2.05, 4.69) is 121 Å². The van der Waals surface area contributed by atoms with Crippen molar-refractivity contribution in [3.05, 3.63) is 265 Å². The Hall–Kier alpha value is -9.32. The van der Waals surface area contributed by atoms with E-state index in [1.807, 2.05) is 121 Å². The van der Waals surface area contributed by atoms with Gasteiger partial charge >= 0.3 is 0 Å². The maximum atomic E-state index is 10.5. The SMILES string of the molecule is OCCOc1ccc2cc(-c3ccccc3)ccc2c1C(OC(c1c(OCCO)ccc2cc(-c3ccccc3)ccc12)c1c(OCCO)ccc2cc(-c3ccccc3)ccc12)c1c(OCCO)ccc2cc(-c3ccccc3)ccc12. The number of rotatable bonds is 22. The van der Waals surface area contributed by atoms with Gasteiger partial charge in [0.1, 0.15) is 61.6 Å². The Morgan fingerprint density at radius 1 is 0.241 bits per heavy atom. The van der Waals surface area contributed by atoms with Crippen molar-refractivity contribution >= 4 is 43.1 Å². The summed E-state index contributed by atoms with van der Waals surface area (Å²) < 4.78 is 35.2. The van der Waals surface area contributed by atoms with Gasteiger partial charge < -0.3 is 44.1 Å². The zero-order valence-electron chi connectivity index (χ0n) is 45.7. The van der Waals surface area contributed by atoms with Crippen LogP contribution in [0.1, 0.15) is 34.5 Å². The first-order valence-corrected chi connectivity index (χ1v) is 28.1. The molecule has 4 N–H and O–H groups in total. The second-order valence-electron chi connectivity index (χ2n) is 20.3. The zero-order valence-corrected chi connectivity index (χ0v) is 45.7. The van der Waals surface area contributed by atoms with Gasteiger partial charge in [0.15, 0.2) is 0 Å². The highest BCUT2D eigenvalue weighted by molar-refractivity contribution is 5.98. The predicted molar refractivity (Wildman–Crippen MR) is 333 cm³/mol. The van der Waals surface area contributed by atoms with E-state index in [0.29, 0.717) is 45.3 Å². The minimum Gasteiger partial charge on any atom is -0.491 e. The highest BCUT2D eigenvalue weighted by atomic mass is 16.5. The molecule has 0 heterocycles. The molecule has 0 fully saturated rings. The molecule has 0 aliphatic heterocycles. The Bertz CT molecular complexity index is 3650. The average Bonchev–Trinajstić information content (AvgIpc) is 2.82. The monoisotopic (exact) mass is 1090 g/mol. The molecule has 0 atom stereocenters. The summed E-state index contributed by atoms with van der Waals surface area (Å²) in [6.07, 6.45) is -2.18. The van der Waals surface area contributed by atoms with Crippen molar-refractivity contribution < 1.29 is 44.1 Å². The van der Waals surface area contributed by atoms with Crippen molar-refractivity contribution in [2.75, 3.05) is 52.9 Å². The number of benzene rings is 12. The van der Waals surface area contributed by atoms with Crippen LogP contribution in [0.25, 0.3) is 87.6 Å². The first kappa shape index (κ1) is 54.3. The molecule has 0 radical (unpaired) electrons. The van der Waals surface area contributed by atoms with E-state index in [1.54, 1.807) is 0 Å². The fourth-order valence-electron chi connectivity index (χ4n) is 11.5. The normalized spacial score (nSPS) is 11.5. The van der Waals surface area contributed by atoms with E-state index in [9.17, 15) is 20.4 Å². The molecule has 0 saturated heterocycles. The number of ether oxygens (including phenoxy) is 5. The van der Waals surface area contributed by atoms with E-state index in [0.717, 1.165) is 87.6 Å². The average molecular weight is 1100 g/mol. The van der Waals surface area contributed by atoms with Crippen molar-refractivity contribution in [3.8, 4) is 67.5 Å². The Balaban J connectivity index is 1.21. The van der Waals surface area contributed by atoms with Crippen LogP contribution in [-0.4, -0.2) is 73.3 Å². The van der Waals surface area contributed by atoms with Gasteiger partial charge in [-0.3, -0.25) is 0 Å². The molecule has 412 valence electrons. The minimum atomic E-state index is -1.09. The number of hydrogen-bond acceptors (Lipinski definition) is 9. The van der Waals surface area contributed by atoms with Gasteiger partial charge in [0, 0.05) is 22.3 Å². The van der Waals surface area contributed by atoms with Gasteiger partial charge in [-0.05, 0) is 136 Å². The van der Waals surface area contributed by atoms with E-state index >= 15 is 0 Å². The molecule has 83 heavy (non-hydrogen) atoms. The van der Waals surface area contributed by atoms with Gasteiger partial charge in [-0.25, -0.2) is 0 Å². The third-order valence-corrected chi connectivity index (χ3v) is 15.2. The summed E-state index contributed by atoms with van der Waals surface area (Å²) in [5.74, 6) is 1.88. The van der Waals surface area contributed by atoms with Crippen LogP contribution >= 0.6 is 0 Å². The number of hydrogen-bond donors (Lipinski definition) is 4. The predicted octanol–water partition coefficient (Wildman–Crippen LogP) is 15.3. The van der Waals surface area contributed by atoms with Gasteiger partial charge in [-0.1, -0.05) is 194 Å². The fourth-order valence-corrected chi connectivity index (χ4v) is 11.5. The maximum Gasteiger partial charge on any atom is 0.126 e. The number of aliphatic hydroxyl groups is 4. The summed E-state index contributed by atoms with van der Waals surface area (Å²) in [6.45, 7) is -1.06. The van der Waals surface area contributed by atoms with Crippen LogP contribution in [0.4, 0.5) is 0 Å². The second kappa shape index (κ2) is 25.2. The molecular weight excluding hydrogens is 1030 g/mol. The van der Waals surface area contributed by atoms with Gasteiger partial charge in [0.2, 0.25) is 0 Å². The largest absolute Gasteiger partial charge is 0.491 e. The van der Waals surface area contributed by atoms with Crippen molar-refractivity contribution in [1.82, 2.24) is 0 Å². The molecule has 12 rings (SSSR count). The molecule has 12 aromatic carbocycles. The lowest BCUT2D eigenvalue weighted by Gasteiger charge is -2.33. The molecule has 9 heteroatoms. The van der Waals surface area contributed by atoms with Crippen LogP contribution in [0.3, 0.4) is 0 Å². The van der Waals surface area contributed by atoms with Crippen molar-refractivity contribution in [2.24, 2.45) is 0 Å². The Labute approximate surface area is 482 Å². The van der Waals surface area contributed by atoms with Crippen LogP contribution < -0.4 is 18.9 Å². The van der Waals surface area contributed by atoms with Crippen LogP contribution in [0.15, 0.2) is 243 Å². The van der Waals surface area contributed by atoms with Crippen molar-refractivity contribution in [2.45, 2.75) is 12.2 Å². The smallest absolute Gasteiger partial charge is 0.126 e. The Kier molecular flexibility index (Phi) is 16.5. The van der Waals surface area contributed by atoms with Gasteiger partial charge in [-0.2, -0.15) is 0 Å². The van der Waals surface area contributed by atoms with Crippen LogP contribution in [0.2, 0.25) is 0 Å². The first-order chi connectivity index (χ1) is 41.0. The third-order valence-electron chi connectivity index (χ3n) is 15.2. The van der Waals surface area contributed by atoms with E-state index in [4.69, 9.17) is 23.7 Å². The summed E-state index contributed by atoms with van der Waals surface area (Å²) in [4.78, 5) is 0. The lowest BCUT2D eigenvalue weighted by molar-refractivity contribution is 0.0269. The Morgan fingerprint density at radius 2 is 0.470 bits per heavy atom. The maximum absolute atomic E-state index is 10.5. The summed E-state index contributed by atoms with van der Waals surface area (Å²) in [5, 5.41) is 49.0. The summed E-state index contributed by atoms with van der Waals surface area (Å²) in [6, 6.07) is 82.4. The molecular formula is C74H62O9. The lowest BCUT2D eigenvalue weighted by atomic mass is 9.87. The summed E-state index contributed by atoms with van der Waals surface area (Å²) >= 11 is 0. The van der Waals surface area contributed by atoms with E-state index in [-0.39, 0.29) is 52.9 Å². The molecule has 0 aliphatic rings. The van der Waals surface area contributed by atoms with E-state index in [1.165, 1.54) is 0 Å². The highest BCUT2D eigenvalue weighted by Gasteiger charge is 2.36. The minimum absolute atomic E-state index is 0.0148. The van der Waals surface area contributed by atoms with Gasteiger partial charge in [0.25, 0.3) is 0 Å². The lowest BCUT2D eigenvalue weighted by Crippen LogP contribution is -2.19. The summed E-state index contributed by atoms with van der Waals surface area (Å²) in [7, 11) is 0. The summed E-state index contributed by atoms with van der Waals surface area (Å²) in [5.41, 5.74) is 10.9. The van der Waals surface area contributed by atoms with Crippen LogP contribution in [0, 0.1) is 0 Å². The molecule has 0 amide bonds. The molecule has 9 nitrogen and oxygen atoms in total. The highest BCUT2D eigenvalue weighted by Crippen LogP contribution is 2.53. The molecule has 0 spiro atoms. The van der Waals surface area contributed by atoms with E-state index < -0.39 is 12.2 Å². The number of fused-ring (bicyclic) bond motifs is 4. The quantitative estimate of drug-likeness (QED) is 0.0525. The van der Waals surface area contributed by atoms with Gasteiger partial charge in [0.05, 0.1) is 26.4 Å². The molecule has 0 aliphatic carbocycles. The fraction of sp³-hybridized carbons (Fsp3) is 0.135. The third kappa shape index (κ3) is 11.4. The van der Waals surface area contributed by atoms with Gasteiger partial charge in [-0.15, -0.1) is 0 Å². The zero-order chi connectivity index (χ0) is 56.5. The molecule has 0 bridgehead atoms. The first-order valence-electron chi connectivity index (χ1n) is 28.1. The molecule has 0 aromatic heterocycles. The van der Waals surface area contributed by atoms with Crippen LogP contribution in [-0.2, 0) is 4.74 Å². The Morgan fingerprint density at radius 3 is 0.687 bits per heavy atom. The molecule has 12 aromatic rings. The standard InChI is InChI=1S/C74H62O9/c75-37-41-79-65-33-25-57-45-53(49-13-5-1-6-14-49)21-29-61(57)69(65)73(70-62-30-22-54(50-15-7-2-8-16-50)46-58(62)26-34-66(70)80-42-38-76)83-74(71-63-31-23-55(51-17-9-3-10-18-51)47-59(63)27-35-67(71)81-43-39-77)72-64-32-24-56(52-19-11-4-12-20-52)48-60(64)28-36-68(72)82-44-40-78/h1-36,45-48,73-78H,37-44H2. The van der Waals surface area contributed by atoms with Crippen LogP contribution in [0.5, 0.6) is 23.0 Å². The number of aliphatic hydroxyl groups excluding tert-OH is 4. The molecule has 0 saturated carbocycles. The van der Waals surface area contributed by atoms with Crippen molar-refractivity contribution in [3.63, 3.8) is 0 Å². The van der Waals surface area contributed by atoms with Crippen molar-refractivity contribution in [1.29, 1.82) is 0 Å². The molecule has 0 unspecified atom stereocenters.